The minimum atomic E-state index is 0.245. The SMILES string of the molecule is CNc1cnc(CN2CCCCCCC2=O)cn1. The maximum absolute atomic E-state index is 12.0. The lowest BCUT2D eigenvalue weighted by Crippen LogP contribution is -2.32. The zero-order valence-electron chi connectivity index (χ0n) is 10.9. The van der Waals surface area contributed by atoms with Crippen molar-refractivity contribution in [2.24, 2.45) is 0 Å². The second kappa shape index (κ2) is 6.33. The van der Waals surface area contributed by atoms with Gasteiger partial charge in [0.25, 0.3) is 0 Å². The Morgan fingerprint density at radius 2 is 2.06 bits per heavy atom. The van der Waals surface area contributed by atoms with Crippen molar-refractivity contribution in [3.05, 3.63) is 18.1 Å². The van der Waals surface area contributed by atoms with Gasteiger partial charge in [-0.05, 0) is 12.8 Å². The van der Waals surface area contributed by atoms with E-state index in [9.17, 15) is 4.79 Å². The number of likely N-dealkylation sites (tertiary alicyclic amines) is 1. The highest BCUT2D eigenvalue weighted by molar-refractivity contribution is 5.76. The molecule has 18 heavy (non-hydrogen) atoms. The van der Waals surface area contributed by atoms with Crippen molar-refractivity contribution < 1.29 is 4.79 Å². The van der Waals surface area contributed by atoms with E-state index in [-0.39, 0.29) is 5.91 Å². The third-order valence-corrected chi connectivity index (χ3v) is 3.24. The van der Waals surface area contributed by atoms with Gasteiger partial charge in [0.05, 0.1) is 24.6 Å². The van der Waals surface area contributed by atoms with Crippen LogP contribution >= 0.6 is 0 Å². The average molecular weight is 248 g/mol. The Morgan fingerprint density at radius 3 is 2.78 bits per heavy atom. The summed E-state index contributed by atoms with van der Waals surface area (Å²) in [5.74, 6) is 0.993. The third kappa shape index (κ3) is 3.42. The van der Waals surface area contributed by atoms with Gasteiger partial charge in [0, 0.05) is 20.0 Å². The van der Waals surface area contributed by atoms with Crippen LogP contribution in [0.3, 0.4) is 0 Å². The lowest BCUT2D eigenvalue weighted by molar-refractivity contribution is -0.132. The fourth-order valence-corrected chi connectivity index (χ4v) is 2.14. The number of anilines is 1. The molecule has 0 bridgehead atoms. The molecule has 1 aromatic rings. The minimum absolute atomic E-state index is 0.245. The third-order valence-electron chi connectivity index (χ3n) is 3.24. The summed E-state index contributed by atoms with van der Waals surface area (Å²) in [7, 11) is 1.81. The van der Waals surface area contributed by atoms with Crippen molar-refractivity contribution in [3.8, 4) is 0 Å². The Balaban J connectivity index is 1.98. The first-order chi connectivity index (χ1) is 8.79. The molecule has 1 aliphatic rings. The fraction of sp³-hybridized carbons (Fsp3) is 0.615. The second-order valence-corrected chi connectivity index (χ2v) is 4.62. The molecule has 2 heterocycles. The quantitative estimate of drug-likeness (QED) is 0.886. The molecule has 1 saturated heterocycles. The molecule has 1 aliphatic heterocycles. The predicted octanol–water partition coefficient (Wildman–Crippen LogP) is 1.81. The molecule has 5 heteroatoms. The largest absolute Gasteiger partial charge is 0.372 e. The van der Waals surface area contributed by atoms with Gasteiger partial charge >= 0.3 is 0 Å². The molecule has 0 radical (unpaired) electrons. The van der Waals surface area contributed by atoms with E-state index in [1.165, 1.54) is 12.8 Å². The molecular weight excluding hydrogens is 228 g/mol. The first kappa shape index (κ1) is 12.8. The van der Waals surface area contributed by atoms with E-state index in [1.807, 2.05) is 11.9 Å². The molecule has 0 aliphatic carbocycles. The van der Waals surface area contributed by atoms with Gasteiger partial charge in [0.15, 0.2) is 0 Å². The van der Waals surface area contributed by atoms with E-state index in [2.05, 4.69) is 15.3 Å². The Morgan fingerprint density at radius 1 is 1.22 bits per heavy atom. The standard InChI is InChI=1S/C13H20N4O/c1-14-12-9-15-11(8-16-12)10-17-7-5-3-2-4-6-13(17)18/h8-9H,2-7,10H2,1H3,(H,14,16). The van der Waals surface area contributed by atoms with Crippen molar-refractivity contribution in [2.45, 2.75) is 38.6 Å². The predicted molar refractivity (Wildman–Crippen MR) is 70.1 cm³/mol. The summed E-state index contributed by atoms with van der Waals surface area (Å²) in [6.07, 6.45) is 8.60. The van der Waals surface area contributed by atoms with Crippen LogP contribution in [0.1, 0.15) is 37.8 Å². The van der Waals surface area contributed by atoms with Crippen LogP contribution < -0.4 is 5.32 Å². The Hall–Kier alpha value is -1.65. The zero-order chi connectivity index (χ0) is 12.8. The molecule has 0 spiro atoms. The van der Waals surface area contributed by atoms with Gasteiger partial charge in [-0.15, -0.1) is 0 Å². The maximum atomic E-state index is 12.0. The molecule has 1 aromatic heterocycles. The number of aromatic nitrogens is 2. The number of carbonyl (C=O) groups is 1. The number of nitrogens with one attached hydrogen (secondary N) is 1. The second-order valence-electron chi connectivity index (χ2n) is 4.62. The van der Waals surface area contributed by atoms with Crippen LogP contribution in [-0.4, -0.2) is 34.4 Å². The summed E-state index contributed by atoms with van der Waals surface area (Å²) in [6.45, 7) is 1.42. The van der Waals surface area contributed by atoms with Crippen molar-refractivity contribution in [2.75, 3.05) is 18.9 Å². The number of hydrogen-bond acceptors (Lipinski definition) is 4. The molecule has 98 valence electrons. The van der Waals surface area contributed by atoms with Gasteiger partial charge in [-0.3, -0.25) is 9.78 Å². The molecule has 0 saturated carbocycles. The van der Waals surface area contributed by atoms with Gasteiger partial charge in [-0.1, -0.05) is 12.8 Å². The molecule has 0 unspecified atom stereocenters. The molecule has 1 amide bonds. The van der Waals surface area contributed by atoms with Crippen molar-refractivity contribution >= 4 is 11.7 Å². The average Bonchev–Trinajstić information content (AvgIpc) is 2.39. The number of rotatable bonds is 3. The van der Waals surface area contributed by atoms with E-state index in [0.29, 0.717) is 13.0 Å². The van der Waals surface area contributed by atoms with E-state index in [0.717, 1.165) is 30.9 Å². The first-order valence-electron chi connectivity index (χ1n) is 6.56. The highest BCUT2D eigenvalue weighted by atomic mass is 16.2. The van der Waals surface area contributed by atoms with E-state index in [1.54, 1.807) is 12.4 Å². The van der Waals surface area contributed by atoms with E-state index in [4.69, 9.17) is 0 Å². The minimum Gasteiger partial charge on any atom is -0.372 e. The van der Waals surface area contributed by atoms with Crippen LogP contribution in [0.25, 0.3) is 0 Å². The van der Waals surface area contributed by atoms with E-state index < -0.39 is 0 Å². The smallest absolute Gasteiger partial charge is 0.222 e. The summed E-state index contributed by atoms with van der Waals surface area (Å²) < 4.78 is 0. The fourth-order valence-electron chi connectivity index (χ4n) is 2.14. The summed E-state index contributed by atoms with van der Waals surface area (Å²) in [5, 5.41) is 2.93. The molecule has 2 rings (SSSR count). The van der Waals surface area contributed by atoms with E-state index >= 15 is 0 Å². The van der Waals surface area contributed by atoms with Crippen LogP contribution in [0.15, 0.2) is 12.4 Å². The normalized spacial score (nSPS) is 17.2. The Labute approximate surface area is 108 Å². The van der Waals surface area contributed by atoms with Crippen molar-refractivity contribution in [3.63, 3.8) is 0 Å². The highest BCUT2D eigenvalue weighted by Gasteiger charge is 2.16. The van der Waals surface area contributed by atoms with Crippen molar-refractivity contribution in [1.82, 2.24) is 14.9 Å². The lowest BCUT2D eigenvalue weighted by atomic mass is 10.1. The molecule has 0 atom stereocenters. The summed E-state index contributed by atoms with van der Waals surface area (Å²) in [4.78, 5) is 22.4. The van der Waals surface area contributed by atoms with Crippen LogP contribution in [0, 0.1) is 0 Å². The summed E-state index contributed by atoms with van der Waals surface area (Å²) in [6, 6.07) is 0. The zero-order valence-corrected chi connectivity index (χ0v) is 10.9. The number of hydrogen-bond donors (Lipinski definition) is 1. The molecule has 1 fully saturated rings. The van der Waals surface area contributed by atoms with Gasteiger partial charge in [-0.2, -0.15) is 0 Å². The van der Waals surface area contributed by atoms with Gasteiger partial charge in [0.2, 0.25) is 5.91 Å². The Kier molecular flexibility index (Phi) is 4.50. The molecule has 5 nitrogen and oxygen atoms in total. The van der Waals surface area contributed by atoms with Crippen LogP contribution in [0.4, 0.5) is 5.82 Å². The molecular formula is C13H20N4O. The van der Waals surface area contributed by atoms with Gasteiger partial charge in [0.1, 0.15) is 5.82 Å². The van der Waals surface area contributed by atoms with Gasteiger partial charge < -0.3 is 10.2 Å². The first-order valence-corrected chi connectivity index (χ1v) is 6.56. The topological polar surface area (TPSA) is 58.1 Å². The highest BCUT2D eigenvalue weighted by Crippen LogP contribution is 2.13. The Bertz CT molecular complexity index is 390. The number of nitrogens with zero attached hydrogens (tertiary/aromatic N) is 3. The van der Waals surface area contributed by atoms with Crippen LogP contribution in [0.2, 0.25) is 0 Å². The summed E-state index contributed by atoms with van der Waals surface area (Å²) in [5.41, 5.74) is 0.850. The lowest BCUT2D eigenvalue weighted by Gasteiger charge is -2.24. The monoisotopic (exact) mass is 248 g/mol. The van der Waals surface area contributed by atoms with Crippen LogP contribution in [-0.2, 0) is 11.3 Å². The molecule has 0 aromatic carbocycles. The van der Waals surface area contributed by atoms with Crippen molar-refractivity contribution in [1.29, 1.82) is 0 Å². The number of carbonyl (C=O) groups excluding carboxylic acids is 1. The molecule has 1 N–H and O–H groups in total. The van der Waals surface area contributed by atoms with Gasteiger partial charge in [-0.25, -0.2) is 4.98 Å². The van der Waals surface area contributed by atoms with Crippen LogP contribution in [0.5, 0.6) is 0 Å². The number of amides is 1. The maximum Gasteiger partial charge on any atom is 0.222 e. The summed E-state index contributed by atoms with van der Waals surface area (Å²) >= 11 is 0.